The van der Waals surface area contributed by atoms with E-state index in [1.807, 2.05) is 27.7 Å². The molecule has 8 heteroatoms. The third-order valence-corrected chi connectivity index (χ3v) is 5.51. The lowest BCUT2D eigenvalue weighted by molar-refractivity contribution is -0.0845. The minimum Gasteiger partial charge on any atom is -0.478 e. The van der Waals surface area contributed by atoms with Gasteiger partial charge in [-0.05, 0) is 52.5 Å². The van der Waals surface area contributed by atoms with Gasteiger partial charge >= 0.3 is 12.1 Å². The Morgan fingerprint density at radius 2 is 1.86 bits per heavy atom. The summed E-state index contributed by atoms with van der Waals surface area (Å²) in [5, 5.41) is 9.58. The molecule has 1 aromatic carbocycles. The third-order valence-electron chi connectivity index (χ3n) is 5.23. The molecule has 0 saturated carbocycles. The Labute approximate surface area is 175 Å². The number of ether oxygens (including phenoxy) is 3. The highest BCUT2D eigenvalue weighted by Crippen LogP contribution is 2.49. The molecule has 2 aliphatic heterocycles. The molecule has 1 fully saturated rings. The van der Waals surface area contributed by atoms with Crippen molar-refractivity contribution < 1.29 is 28.9 Å². The summed E-state index contributed by atoms with van der Waals surface area (Å²) < 4.78 is 17.5. The van der Waals surface area contributed by atoms with E-state index in [0.717, 1.165) is 12.8 Å². The van der Waals surface area contributed by atoms with Crippen LogP contribution in [0.4, 0.5) is 4.79 Å². The van der Waals surface area contributed by atoms with Crippen molar-refractivity contribution in [1.82, 2.24) is 4.90 Å². The lowest BCUT2D eigenvalue weighted by atomic mass is 9.90. The highest BCUT2D eigenvalue weighted by atomic mass is 35.5. The maximum Gasteiger partial charge on any atom is 0.410 e. The molecule has 0 aromatic heterocycles. The molecular weight excluding hydrogens is 398 g/mol. The first-order valence-electron chi connectivity index (χ1n) is 9.81. The molecule has 2 aliphatic rings. The van der Waals surface area contributed by atoms with Crippen LogP contribution in [0, 0.1) is 12.8 Å². The molecule has 160 valence electrons. The fourth-order valence-electron chi connectivity index (χ4n) is 3.85. The molecule has 1 unspecified atom stereocenters. The van der Waals surface area contributed by atoms with Crippen LogP contribution in [0.2, 0.25) is 5.02 Å². The average Bonchev–Trinajstić information content (AvgIpc) is 2.95. The number of carbonyl (C=O) groups excluding carboxylic acids is 1. The number of carboxylic acids is 1. The standard InChI is InChI=1S/C21H28ClNO6/c1-12-14(18(24)25)10-15(22)17-16(12)27-21(5,28-17)11-13-6-8-23(9-7-13)19(26)29-20(2,3)4/h10,13H,6-9,11H2,1-5H3,(H,24,25). The number of fused-ring (bicyclic) bond motifs is 1. The normalized spacial score (nSPS) is 21.9. The number of benzene rings is 1. The fraction of sp³-hybridized carbons (Fsp3) is 0.619. The van der Waals surface area contributed by atoms with Crippen LogP contribution in [0.1, 0.15) is 62.9 Å². The van der Waals surface area contributed by atoms with Gasteiger partial charge in [-0.25, -0.2) is 9.59 Å². The summed E-state index contributed by atoms with van der Waals surface area (Å²) in [4.78, 5) is 25.4. The quantitative estimate of drug-likeness (QED) is 0.743. The second kappa shape index (κ2) is 7.59. The van der Waals surface area contributed by atoms with E-state index < -0.39 is 17.4 Å². The molecule has 29 heavy (non-hydrogen) atoms. The highest BCUT2D eigenvalue weighted by molar-refractivity contribution is 6.32. The number of nitrogens with zero attached hydrogens (tertiary/aromatic N) is 1. The summed E-state index contributed by atoms with van der Waals surface area (Å²) in [6.07, 6.45) is 1.95. The van der Waals surface area contributed by atoms with Gasteiger partial charge < -0.3 is 24.2 Å². The van der Waals surface area contributed by atoms with Gasteiger partial charge in [0.15, 0.2) is 11.5 Å². The summed E-state index contributed by atoms with van der Waals surface area (Å²) in [5.74, 6) is -0.900. The van der Waals surface area contributed by atoms with Gasteiger partial charge in [0, 0.05) is 32.0 Å². The number of likely N-dealkylation sites (tertiary alicyclic amines) is 1. The predicted molar refractivity (Wildman–Crippen MR) is 108 cm³/mol. The zero-order chi connectivity index (χ0) is 21.6. The molecule has 1 amide bonds. The van der Waals surface area contributed by atoms with E-state index in [9.17, 15) is 14.7 Å². The number of aromatic carboxylic acids is 1. The van der Waals surface area contributed by atoms with Gasteiger partial charge in [-0.1, -0.05) is 11.6 Å². The number of carbonyl (C=O) groups is 2. The smallest absolute Gasteiger partial charge is 0.410 e. The lowest BCUT2D eigenvalue weighted by Crippen LogP contribution is -2.44. The summed E-state index contributed by atoms with van der Waals surface area (Å²) in [7, 11) is 0. The molecule has 1 aromatic rings. The van der Waals surface area contributed by atoms with Crippen molar-refractivity contribution >= 4 is 23.7 Å². The van der Waals surface area contributed by atoms with Gasteiger partial charge in [-0.3, -0.25) is 0 Å². The molecule has 0 aliphatic carbocycles. The monoisotopic (exact) mass is 425 g/mol. The Hall–Kier alpha value is -2.15. The van der Waals surface area contributed by atoms with Crippen LogP contribution in [0.15, 0.2) is 6.07 Å². The zero-order valence-electron chi connectivity index (χ0n) is 17.5. The second-order valence-corrected chi connectivity index (χ2v) is 9.35. The van der Waals surface area contributed by atoms with Crippen molar-refractivity contribution in [1.29, 1.82) is 0 Å². The molecule has 1 N–H and O–H groups in total. The highest BCUT2D eigenvalue weighted by Gasteiger charge is 2.42. The minimum absolute atomic E-state index is 0.104. The average molecular weight is 426 g/mol. The first-order chi connectivity index (χ1) is 13.4. The van der Waals surface area contributed by atoms with Gasteiger partial charge in [0.2, 0.25) is 5.79 Å². The number of rotatable bonds is 3. The summed E-state index contributed by atoms with van der Waals surface area (Å²) in [6, 6.07) is 1.40. The lowest BCUT2D eigenvalue weighted by Gasteiger charge is -2.35. The SMILES string of the molecule is Cc1c(C(=O)O)cc(Cl)c2c1OC(C)(CC1CCN(C(=O)OC(C)(C)C)CC1)O2. The summed E-state index contributed by atoms with van der Waals surface area (Å²) in [5.41, 5.74) is 0.0950. The van der Waals surface area contributed by atoms with Crippen molar-refractivity contribution in [3.05, 3.63) is 22.2 Å². The first-order valence-corrected chi connectivity index (χ1v) is 10.2. The first kappa shape index (κ1) is 21.6. The van der Waals surface area contributed by atoms with Crippen LogP contribution >= 0.6 is 11.6 Å². The number of amides is 1. The largest absolute Gasteiger partial charge is 0.478 e. The van der Waals surface area contributed by atoms with E-state index in [1.165, 1.54) is 6.07 Å². The Balaban J connectivity index is 1.63. The Morgan fingerprint density at radius 1 is 1.28 bits per heavy atom. The van der Waals surface area contributed by atoms with Crippen molar-refractivity contribution in [2.75, 3.05) is 13.1 Å². The van der Waals surface area contributed by atoms with Gasteiger partial charge in [0.05, 0.1) is 10.6 Å². The molecule has 7 nitrogen and oxygen atoms in total. The Bertz CT molecular complexity index is 825. The number of hydrogen-bond acceptors (Lipinski definition) is 5. The van der Waals surface area contributed by atoms with Gasteiger partial charge in [0.1, 0.15) is 5.60 Å². The summed E-state index contributed by atoms with van der Waals surface area (Å²) >= 11 is 6.24. The van der Waals surface area contributed by atoms with E-state index >= 15 is 0 Å². The van der Waals surface area contributed by atoms with Crippen molar-refractivity contribution in [3.8, 4) is 11.5 Å². The van der Waals surface area contributed by atoms with Crippen LogP contribution in [0.25, 0.3) is 0 Å². The van der Waals surface area contributed by atoms with Crippen molar-refractivity contribution in [2.24, 2.45) is 5.92 Å². The molecule has 0 spiro atoms. The second-order valence-electron chi connectivity index (χ2n) is 8.95. The molecule has 1 saturated heterocycles. The van der Waals surface area contributed by atoms with Crippen molar-refractivity contribution in [2.45, 2.75) is 65.3 Å². The number of hydrogen-bond donors (Lipinski definition) is 1. The zero-order valence-corrected chi connectivity index (χ0v) is 18.3. The topological polar surface area (TPSA) is 85.3 Å². The van der Waals surface area contributed by atoms with E-state index in [2.05, 4.69) is 0 Å². The molecule has 0 radical (unpaired) electrons. The van der Waals surface area contributed by atoms with E-state index in [0.29, 0.717) is 42.5 Å². The molecule has 2 heterocycles. The minimum atomic E-state index is -1.06. The number of halogens is 1. The number of carboxylic acid groups (broad SMARTS) is 1. The molecule has 1 atom stereocenters. The van der Waals surface area contributed by atoms with Crippen molar-refractivity contribution in [3.63, 3.8) is 0 Å². The molecule has 0 bridgehead atoms. The number of piperidine rings is 1. The third kappa shape index (κ3) is 4.71. The van der Waals surface area contributed by atoms with Gasteiger partial charge in [-0.15, -0.1) is 0 Å². The van der Waals surface area contributed by atoms with Crippen LogP contribution in [0.5, 0.6) is 11.5 Å². The summed E-state index contributed by atoms with van der Waals surface area (Å²) in [6.45, 7) is 10.3. The van der Waals surface area contributed by atoms with Gasteiger partial charge in [0.25, 0.3) is 0 Å². The fourth-order valence-corrected chi connectivity index (χ4v) is 4.08. The van der Waals surface area contributed by atoms with Crippen LogP contribution in [-0.2, 0) is 4.74 Å². The maximum atomic E-state index is 12.2. The van der Waals surface area contributed by atoms with E-state index in [4.69, 9.17) is 25.8 Å². The maximum absolute atomic E-state index is 12.2. The van der Waals surface area contributed by atoms with E-state index in [1.54, 1.807) is 11.8 Å². The van der Waals surface area contributed by atoms with Crippen LogP contribution in [0.3, 0.4) is 0 Å². The Kier molecular flexibility index (Phi) is 5.64. The Morgan fingerprint density at radius 3 is 2.41 bits per heavy atom. The van der Waals surface area contributed by atoms with Crippen LogP contribution < -0.4 is 9.47 Å². The molecular formula is C21H28ClNO6. The van der Waals surface area contributed by atoms with Gasteiger partial charge in [-0.2, -0.15) is 0 Å². The van der Waals surface area contributed by atoms with Crippen LogP contribution in [-0.4, -0.2) is 46.5 Å². The van der Waals surface area contributed by atoms with E-state index in [-0.39, 0.29) is 16.7 Å². The molecule has 3 rings (SSSR count). The predicted octanol–water partition coefficient (Wildman–Crippen LogP) is 4.87.